The van der Waals surface area contributed by atoms with E-state index in [0.717, 1.165) is 27.2 Å². The van der Waals surface area contributed by atoms with Gasteiger partial charge >= 0.3 is 0 Å². The summed E-state index contributed by atoms with van der Waals surface area (Å²) in [6.45, 7) is 0. The first kappa shape index (κ1) is 14.0. The number of nitrogens with zero attached hydrogens (tertiary/aromatic N) is 2. The minimum Gasteiger partial charge on any atom is -0.359 e. The van der Waals surface area contributed by atoms with Crippen LogP contribution in [0.2, 0.25) is 0 Å². The Hall–Kier alpha value is -0.650. The number of rotatable bonds is 2. The minimum absolute atomic E-state index is 0.584. The van der Waals surface area contributed by atoms with Gasteiger partial charge in [0, 0.05) is 22.6 Å². The lowest BCUT2D eigenvalue weighted by atomic mass is 9.82. The van der Waals surface area contributed by atoms with Crippen LogP contribution in [-0.4, -0.2) is 35.1 Å². The number of hydrogen-bond donors (Lipinski definition) is 1. The predicted octanol–water partition coefficient (Wildman–Crippen LogP) is 4.49. The molecular weight excluding hydrogens is 346 g/mol. The molecule has 1 N–H and O–H groups in total. The summed E-state index contributed by atoms with van der Waals surface area (Å²) < 4.78 is 2.37. The molecule has 5 heteroatoms. The van der Waals surface area contributed by atoms with Gasteiger partial charge < -0.3 is 10.2 Å². The maximum absolute atomic E-state index is 4.73. The number of halogens is 1. The second-order valence-electron chi connectivity index (χ2n) is 6.35. The Morgan fingerprint density at radius 3 is 2.81 bits per heavy atom. The van der Waals surface area contributed by atoms with Gasteiger partial charge in [0.1, 0.15) is 0 Å². The number of fused-ring (bicyclic) bond motifs is 3. The van der Waals surface area contributed by atoms with Crippen LogP contribution in [0.5, 0.6) is 0 Å². The Balaban J connectivity index is 1.52. The van der Waals surface area contributed by atoms with E-state index in [9.17, 15) is 0 Å². The summed E-state index contributed by atoms with van der Waals surface area (Å²) >= 11 is 5.30. The van der Waals surface area contributed by atoms with E-state index >= 15 is 0 Å². The third-order valence-electron chi connectivity index (χ3n) is 5.02. The molecule has 0 saturated carbocycles. The fraction of sp³-hybridized carbons (Fsp3) is 0.562. The van der Waals surface area contributed by atoms with Crippen LogP contribution in [-0.2, 0) is 0 Å². The summed E-state index contributed by atoms with van der Waals surface area (Å²) in [5, 5.41) is 4.78. The molecule has 112 valence electrons. The molecule has 1 aromatic carbocycles. The summed E-state index contributed by atoms with van der Waals surface area (Å²) in [4.78, 5) is 7.34. The molecule has 1 aromatic heterocycles. The van der Waals surface area contributed by atoms with E-state index in [1.54, 1.807) is 11.3 Å². The number of aromatic nitrogens is 1. The van der Waals surface area contributed by atoms with Gasteiger partial charge in [-0.2, -0.15) is 0 Å². The summed E-state index contributed by atoms with van der Waals surface area (Å²) in [7, 11) is 2.31. The lowest BCUT2D eigenvalue weighted by molar-refractivity contribution is 0.0608. The van der Waals surface area contributed by atoms with Gasteiger partial charge in [0.2, 0.25) is 0 Å². The highest BCUT2D eigenvalue weighted by molar-refractivity contribution is 9.10. The molecule has 0 aliphatic carbocycles. The third-order valence-corrected chi connectivity index (χ3v) is 6.46. The highest BCUT2D eigenvalue weighted by Gasteiger charge is 2.36. The Kier molecular flexibility index (Phi) is 3.67. The molecule has 4 rings (SSSR count). The van der Waals surface area contributed by atoms with Crippen molar-refractivity contribution >= 4 is 42.6 Å². The van der Waals surface area contributed by atoms with Crippen LogP contribution in [0.3, 0.4) is 0 Å². The summed E-state index contributed by atoms with van der Waals surface area (Å²) in [6, 6.07) is 8.41. The van der Waals surface area contributed by atoms with Gasteiger partial charge in [0.25, 0.3) is 0 Å². The van der Waals surface area contributed by atoms with Gasteiger partial charge in [0.15, 0.2) is 5.13 Å². The molecule has 0 spiro atoms. The smallest absolute Gasteiger partial charge is 0.184 e. The van der Waals surface area contributed by atoms with Crippen molar-refractivity contribution < 1.29 is 0 Å². The quantitative estimate of drug-likeness (QED) is 0.849. The molecule has 0 radical (unpaired) electrons. The average molecular weight is 366 g/mol. The van der Waals surface area contributed by atoms with E-state index in [-0.39, 0.29) is 0 Å². The SMILES string of the molecule is CN1C2CCCC1CC(Nc1nc3ccc(Br)cc3s1)C2. The van der Waals surface area contributed by atoms with E-state index < -0.39 is 0 Å². The number of piperidine rings is 2. The van der Waals surface area contributed by atoms with Gasteiger partial charge in [-0.25, -0.2) is 4.98 Å². The molecule has 2 bridgehead atoms. The molecule has 21 heavy (non-hydrogen) atoms. The van der Waals surface area contributed by atoms with E-state index in [1.807, 2.05) is 0 Å². The molecule has 2 aliphatic rings. The normalized spacial score (nSPS) is 29.7. The predicted molar refractivity (Wildman–Crippen MR) is 93.2 cm³/mol. The minimum atomic E-state index is 0.584. The second-order valence-corrected chi connectivity index (χ2v) is 8.29. The largest absolute Gasteiger partial charge is 0.359 e. The van der Waals surface area contributed by atoms with Gasteiger partial charge in [-0.3, -0.25) is 0 Å². The van der Waals surface area contributed by atoms with Crippen molar-refractivity contribution in [3.8, 4) is 0 Å². The van der Waals surface area contributed by atoms with E-state index in [2.05, 4.69) is 51.4 Å². The molecule has 2 unspecified atom stereocenters. The maximum atomic E-state index is 4.73. The number of anilines is 1. The van der Waals surface area contributed by atoms with Crippen molar-refractivity contribution in [2.24, 2.45) is 0 Å². The van der Waals surface area contributed by atoms with Crippen LogP contribution in [0.1, 0.15) is 32.1 Å². The molecule has 2 fully saturated rings. The molecule has 2 atom stereocenters. The first-order valence-electron chi connectivity index (χ1n) is 7.73. The van der Waals surface area contributed by atoms with Crippen molar-refractivity contribution in [3.05, 3.63) is 22.7 Å². The Morgan fingerprint density at radius 1 is 1.29 bits per heavy atom. The highest BCUT2D eigenvalue weighted by Crippen LogP contribution is 2.35. The van der Waals surface area contributed by atoms with Crippen LogP contribution in [0.15, 0.2) is 22.7 Å². The number of nitrogens with one attached hydrogen (secondary N) is 1. The molecule has 3 heterocycles. The topological polar surface area (TPSA) is 28.2 Å². The van der Waals surface area contributed by atoms with E-state index in [4.69, 9.17) is 4.98 Å². The third kappa shape index (κ3) is 2.71. The lowest BCUT2D eigenvalue weighted by Crippen LogP contribution is -2.52. The van der Waals surface area contributed by atoms with Crippen LogP contribution in [0.4, 0.5) is 5.13 Å². The second kappa shape index (κ2) is 5.52. The zero-order valence-electron chi connectivity index (χ0n) is 12.2. The van der Waals surface area contributed by atoms with Gasteiger partial charge in [-0.15, -0.1) is 0 Å². The fourth-order valence-corrected chi connectivity index (χ4v) is 5.36. The highest BCUT2D eigenvalue weighted by atomic mass is 79.9. The van der Waals surface area contributed by atoms with Crippen LogP contribution in [0, 0.1) is 0 Å². The van der Waals surface area contributed by atoms with Gasteiger partial charge in [0.05, 0.1) is 10.2 Å². The number of benzene rings is 1. The molecule has 0 amide bonds. The van der Waals surface area contributed by atoms with Gasteiger partial charge in [-0.1, -0.05) is 33.7 Å². The standard InChI is InChI=1S/C16H20BrN3S/c1-20-12-3-2-4-13(20)9-11(8-12)18-16-19-14-6-5-10(17)7-15(14)21-16/h5-7,11-13H,2-4,8-9H2,1H3,(H,18,19). The summed E-state index contributed by atoms with van der Waals surface area (Å²) in [6.07, 6.45) is 6.64. The molecule has 2 aliphatic heterocycles. The Bertz CT molecular complexity index is 642. The first-order chi connectivity index (χ1) is 10.2. The van der Waals surface area contributed by atoms with Crippen molar-refractivity contribution in [1.82, 2.24) is 9.88 Å². The lowest BCUT2D eigenvalue weighted by Gasteiger charge is -2.47. The van der Waals surface area contributed by atoms with Crippen molar-refractivity contribution in [1.29, 1.82) is 0 Å². The van der Waals surface area contributed by atoms with Crippen LogP contribution >= 0.6 is 27.3 Å². The van der Waals surface area contributed by atoms with Crippen molar-refractivity contribution in [3.63, 3.8) is 0 Å². The molecule has 2 aromatic rings. The first-order valence-corrected chi connectivity index (χ1v) is 9.34. The zero-order chi connectivity index (χ0) is 14.4. The molecule has 2 saturated heterocycles. The zero-order valence-corrected chi connectivity index (χ0v) is 14.6. The summed E-state index contributed by atoms with van der Waals surface area (Å²) in [5.41, 5.74) is 1.10. The Morgan fingerprint density at radius 2 is 2.05 bits per heavy atom. The molecular formula is C16H20BrN3S. The molecule has 3 nitrogen and oxygen atoms in total. The number of hydrogen-bond acceptors (Lipinski definition) is 4. The number of thiazole rings is 1. The van der Waals surface area contributed by atoms with Gasteiger partial charge in [-0.05, 0) is 50.9 Å². The fourth-order valence-electron chi connectivity index (χ4n) is 3.87. The van der Waals surface area contributed by atoms with Crippen LogP contribution in [0.25, 0.3) is 10.2 Å². The Labute approximate surface area is 137 Å². The van der Waals surface area contributed by atoms with E-state index in [1.165, 1.54) is 36.8 Å². The van der Waals surface area contributed by atoms with Crippen molar-refractivity contribution in [2.45, 2.75) is 50.2 Å². The monoisotopic (exact) mass is 365 g/mol. The van der Waals surface area contributed by atoms with E-state index in [0.29, 0.717) is 6.04 Å². The maximum Gasteiger partial charge on any atom is 0.184 e. The van der Waals surface area contributed by atoms with Crippen molar-refractivity contribution in [2.75, 3.05) is 12.4 Å². The van der Waals surface area contributed by atoms with Crippen LogP contribution < -0.4 is 5.32 Å². The summed E-state index contributed by atoms with van der Waals surface area (Å²) in [5.74, 6) is 0. The average Bonchev–Trinajstić information content (AvgIpc) is 2.81.